The van der Waals surface area contributed by atoms with E-state index in [4.69, 9.17) is 5.11 Å². The van der Waals surface area contributed by atoms with Gasteiger partial charge >= 0.3 is 0 Å². The van der Waals surface area contributed by atoms with Crippen LogP contribution in [0, 0.1) is 0 Å². The van der Waals surface area contributed by atoms with Crippen molar-refractivity contribution in [3.8, 4) is 0 Å². The molecule has 0 radical (unpaired) electrons. The zero-order valence-electron chi connectivity index (χ0n) is 11.1. The molecule has 1 atom stereocenters. The van der Waals surface area contributed by atoms with Crippen molar-refractivity contribution in [3.63, 3.8) is 0 Å². The van der Waals surface area contributed by atoms with Crippen molar-refractivity contribution in [2.75, 3.05) is 19.7 Å². The van der Waals surface area contributed by atoms with Crippen LogP contribution in [0.15, 0.2) is 0 Å². The van der Waals surface area contributed by atoms with Gasteiger partial charge in [0, 0.05) is 31.7 Å². The Balaban J connectivity index is 2.40. The molecule has 4 nitrogen and oxygen atoms in total. The van der Waals surface area contributed by atoms with E-state index in [0.29, 0.717) is 25.4 Å². The first kappa shape index (κ1) is 14.5. The minimum atomic E-state index is 0.151. The summed E-state index contributed by atoms with van der Waals surface area (Å²) >= 11 is 0. The molecule has 0 aromatic carbocycles. The lowest BCUT2D eigenvalue weighted by Gasteiger charge is -2.30. The van der Waals surface area contributed by atoms with E-state index in [1.165, 1.54) is 12.8 Å². The molecule has 0 aromatic heterocycles. The summed E-state index contributed by atoms with van der Waals surface area (Å²) in [4.78, 5) is 14.0. The number of carbonyl (C=O) groups is 1. The van der Waals surface area contributed by atoms with E-state index in [1.54, 1.807) is 0 Å². The molecule has 0 bridgehead atoms. The van der Waals surface area contributed by atoms with E-state index in [2.05, 4.69) is 5.32 Å². The standard InChI is InChI=1S/C13H26N2O2/c1-11(2)15(8-5-9-16)13(17)10-12-6-3-4-7-14-12/h11-12,14,16H,3-10H2,1-2H3. The minimum absolute atomic E-state index is 0.151. The largest absolute Gasteiger partial charge is 0.396 e. The molecular formula is C13H26N2O2. The smallest absolute Gasteiger partial charge is 0.224 e. The number of hydrogen-bond acceptors (Lipinski definition) is 3. The van der Waals surface area contributed by atoms with Gasteiger partial charge in [0.1, 0.15) is 0 Å². The van der Waals surface area contributed by atoms with Crippen molar-refractivity contribution >= 4 is 5.91 Å². The van der Waals surface area contributed by atoms with Crippen LogP contribution in [0.4, 0.5) is 0 Å². The van der Waals surface area contributed by atoms with Crippen molar-refractivity contribution in [1.29, 1.82) is 0 Å². The van der Waals surface area contributed by atoms with Gasteiger partial charge in [0.15, 0.2) is 0 Å². The number of piperidine rings is 1. The van der Waals surface area contributed by atoms with E-state index in [-0.39, 0.29) is 18.6 Å². The van der Waals surface area contributed by atoms with Crippen LogP contribution in [0.3, 0.4) is 0 Å². The Kier molecular flexibility index (Phi) is 6.52. The summed E-state index contributed by atoms with van der Waals surface area (Å²) in [5, 5.41) is 12.3. The Bertz CT molecular complexity index is 225. The van der Waals surface area contributed by atoms with Crippen LogP contribution in [0.2, 0.25) is 0 Å². The van der Waals surface area contributed by atoms with E-state index in [1.807, 2.05) is 18.7 Å². The first-order valence-corrected chi connectivity index (χ1v) is 6.79. The number of aliphatic hydroxyl groups excluding tert-OH is 1. The van der Waals surface area contributed by atoms with E-state index in [9.17, 15) is 4.79 Å². The average Bonchev–Trinajstić information content (AvgIpc) is 2.30. The molecule has 1 aliphatic rings. The second-order valence-corrected chi connectivity index (χ2v) is 5.11. The van der Waals surface area contributed by atoms with Crippen LogP contribution in [0.5, 0.6) is 0 Å². The van der Waals surface area contributed by atoms with Gasteiger partial charge in [-0.05, 0) is 39.7 Å². The highest BCUT2D eigenvalue weighted by molar-refractivity contribution is 5.77. The third-order valence-corrected chi connectivity index (χ3v) is 3.33. The number of hydrogen-bond donors (Lipinski definition) is 2. The summed E-state index contributed by atoms with van der Waals surface area (Å²) < 4.78 is 0. The first-order valence-electron chi connectivity index (χ1n) is 6.79. The molecule has 2 N–H and O–H groups in total. The molecular weight excluding hydrogens is 216 g/mol. The lowest BCUT2D eigenvalue weighted by molar-refractivity contribution is -0.133. The van der Waals surface area contributed by atoms with Gasteiger partial charge in [0.25, 0.3) is 0 Å². The second kappa shape index (κ2) is 7.67. The highest BCUT2D eigenvalue weighted by atomic mass is 16.3. The predicted octanol–water partition coefficient (Wildman–Crippen LogP) is 1.14. The van der Waals surface area contributed by atoms with Crippen LogP contribution < -0.4 is 5.32 Å². The quantitative estimate of drug-likeness (QED) is 0.734. The predicted molar refractivity (Wildman–Crippen MR) is 68.8 cm³/mol. The molecule has 100 valence electrons. The molecule has 1 amide bonds. The molecule has 0 spiro atoms. The summed E-state index contributed by atoms with van der Waals surface area (Å²) in [6.45, 7) is 5.92. The molecule has 0 aromatic rings. The van der Waals surface area contributed by atoms with Gasteiger partial charge in [-0.25, -0.2) is 0 Å². The van der Waals surface area contributed by atoms with Gasteiger partial charge in [-0.1, -0.05) is 6.42 Å². The molecule has 1 aliphatic heterocycles. The van der Waals surface area contributed by atoms with E-state index < -0.39 is 0 Å². The average molecular weight is 242 g/mol. The summed E-state index contributed by atoms with van der Waals surface area (Å²) in [6.07, 6.45) is 4.83. The monoisotopic (exact) mass is 242 g/mol. The maximum atomic E-state index is 12.2. The molecule has 0 saturated carbocycles. The SMILES string of the molecule is CC(C)N(CCCO)C(=O)CC1CCCCN1. The third-order valence-electron chi connectivity index (χ3n) is 3.33. The molecule has 0 aliphatic carbocycles. The maximum Gasteiger partial charge on any atom is 0.224 e. The topological polar surface area (TPSA) is 52.6 Å². The lowest BCUT2D eigenvalue weighted by atomic mass is 10.0. The third kappa shape index (κ3) is 5.04. The zero-order valence-corrected chi connectivity index (χ0v) is 11.1. The molecule has 1 heterocycles. The van der Waals surface area contributed by atoms with Gasteiger partial charge in [-0.15, -0.1) is 0 Å². The Hall–Kier alpha value is -0.610. The summed E-state index contributed by atoms with van der Waals surface area (Å²) in [6, 6.07) is 0.573. The number of amides is 1. The summed E-state index contributed by atoms with van der Waals surface area (Å²) in [5.41, 5.74) is 0. The van der Waals surface area contributed by atoms with Crippen LogP contribution in [0.1, 0.15) is 46.0 Å². The molecule has 4 heteroatoms. The zero-order chi connectivity index (χ0) is 12.7. The van der Waals surface area contributed by atoms with E-state index >= 15 is 0 Å². The lowest BCUT2D eigenvalue weighted by Crippen LogP contribution is -2.43. The number of aliphatic hydroxyl groups is 1. The van der Waals surface area contributed by atoms with Crippen molar-refractivity contribution in [2.45, 2.75) is 58.0 Å². The van der Waals surface area contributed by atoms with Crippen molar-refractivity contribution in [1.82, 2.24) is 10.2 Å². The Morgan fingerprint density at radius 3 is 2.76 bits per heavy atom. The fourth-order valence-corrected chi connectivity index (χ4v) is 2.34. The highest BCUT2D eigenvalue weighted by Gasteiger charge is 2.21. The Morgan fingerprint density at radius 1 is 1.47 bits per heavy atom. The minimum Gasteiger partial charge on any atom is -0.396 e. The van der Waals surface area contributed by atoms with Crippen LogP contribution in [0.25, 0.3) is 0 Å². The van der Waals surface area contributed by atoms with E-state index in [0.717, 1.165) is 13.0 Å². The van der Waals surface area contributed by atoms with Crippen LogP contribution in [-0.4, -0.2) is 47.7 Å². The first-order chi connectivity index (χ1) is 8.15. The van der Waals surface area contributed by atoms with Gasteiger partial charge < -0.3 is 15.3 Å². The Morgan fingerprint density at radius 2 is 2.24 bits per heavy atom. The normalized spacial score (nSPS) is 20.6. The number of rotatable bonds is 6. The van der Waals surface area contributed by atoms with Crippen LogP contribution in [-0.2, 0) is 4.79 Å². The molecule has 1 fully saturated rings. The van der Waals surface area contributed by atoms with Crippen molar-refractivity contribution in [3.05, 3.63) is 0 Å². The number of nitrogens with zero attached hydrogens (tertiary/aromatic N) is 1. The summed E-state index contributed by atoms with van der Waals surface area (Å²) in [5.74, 6) is 0.216. The number of nitrogens with one attached hydrogen (secondary N) is 1. The second-order valence-electron chi connectivity index (χ2n) is 5.11. The fraction of sp³-hybridized carbons (Fsp3) is 0.923. The highest BCUT2D eigenvalue weighted by Crippen LogP contribution is 2.13. The van der Waals surface area contributed by atoms with Crippen molar-refractivity contribution < 1.29 is 9.90 Å². The summed E-state index contributed by atoms with van der Waals surface area (Å²) in [7, 11) is 0. The molecule has 1 rings (SSSR count). The maximum absolute atomic E-state index is 12.2. The Labute approximate surface area is 104 Å². The van der Waals surface area contributed by atoms with Gasteiger partial charge in [0.2, 0.25) is 5.91 Å². The van der Waals surface area contributed by atoms with Crippen molar-refractivity contribution in [2.24, 2.45) is 0 Å². The molecule has 1 unspecified atom stereocenters. The van der Waals surface area contributed by atoms with Crippen LogP contribution >= 0.6 is 0 Å². The molecule has 1 saturated heterocycles. The molecule has 17 heavy (non-hydrogen) atoms. The van der Waals surface area contributed by atoms with Gasteiger partial charge in [-0.2, -0.15) is 0 Å². The number of carbonyl (C=O) groups excluding carboxylic acids is 1. The van der Waals surface area contributed by atoms with Gasteiger partial charge in [-0.3, -0.25) is 4.79 Å². The fourth-order valence-electron chi connectivity index (χ4n) is 2.34. The van der Waals surface area contributed by atoms with Gasteiger partial charge in [0.05, 0.1) is 0 Å².